The lowest BCUT2D eigenvalue weighted by Gasteiger charge is -2.13. The summed E-state index contributed by atoms with van der Waals surface area (Å²) < 4.78 is 33.0. The SMILES string of the molecule is CCOC(=O)c1ccc(S(=O)(=O)Nc2ccc(Cl)cc2C(=O)c2ccccc2)cc1. The van der Waals surface area contributed by atoms with E-state index in [-0.39, 0.29) is 34.1 Å². The van der Waals surface area contributed by atoms with Crippen LogP contribution >= 0.6 is 11.6 Å². The van der Waals surface area contributed by atoms with Crippen molar-refractivity contribution in [1.29, 1.82) is 0 Å². The molecule has 6 nitrogen and oxygen atoms in total. The van der Waals surface area contributed by atoms with Crippen LogP contribution in [-0.4, -0.2) is 26.8 Å². The van der Waals surface area contributed by atoms with Crippen molar-refractivity contribution >= 4 is 39.1 Å². The van der Waals surface area contributed by atoms with Crippen LogP contribution in [0.4, 0.5) is 5.69 Å². The highest BCUT2D eigenvalue weighted by molar-refractivity contribution is 7.92. The first-order valence-electron chi connectivity index (χ1n) is 9.01. The number of sulfonamides is 1. The average Bonchev–Trinajstić information content (AvgIpc) is 2.75. The molecule has 154 valence electrons. The second-order valence-corrected chi connectivity index (χ2v) is 8.35. The topological polar surface area (TPSA) is 89.5 Å². The summed E-state index contributed by atoms with van der Waals surface area (Å²) in [6.07, 6.45) is 0. The highest BCUT2D eigenvalue weighted by Gasteiger charge is 2.20. The number of carbonyl (C=O) groups excluding carboxylic acids is 2. The van der Waals surface area contributed by atoms with Gasteiger partial charge in [-0.3, -0.25) is 9.52 Å². The minimum atomic E-state index is -4.02. The quantitative estimate of drug-likeness (QED) is 0.427. The van der Waals surface area contributed by atoms with Gasteiger partial charge in [-0.05, 0) is 49.4 Å². The Bertz CT molecular complexity index is 1180. The van der Waals surface area contributed by atoms with Crippen LogP contribution in [0.3, 0.4) is 0 Å². The van der Waals surface area contributed by atoms with Crippen LogP contribution in [-0.2, 0) is 14.8 Å². The van der Waals surface area contributed by atoms with E-state index in [9.17, 15) is 18.0 Å². The van der Waals surface area contributed by atoms with Gasteiger partial charge in [0.1, 0.15) is 0 Å². The first-order chi connectivity index (χ1) is 14.3. The molecule has 0 aliphatic rings. The summed E-state index contributed by atoms with van der Waals surface area (Å²) in [6, 6.07) is 18.1. The highest BCUT2D eigenvalue weighted by Crippen LogP contribution is 2.26. The van der Waals surface area contributed by atoms with E-state index in [0.29, 0.717) is 10.6 Å². The van der Waals surface area contributed by atoms with Crippen molar-refractivity contribution in [2.75, 3.05) is 11.3 Å². The Balaban J connectivity index is 1.92. The Kier molecular flexibility index (Phi) is 6.54. The Morgan fingerprint density at radius 1 is 0.933 bits per heavy atom. The number of esters is 1. The van der Waals surface area contributed by atoms with Gasteiger partial charge in [-0.1, -0.05) is 41.9 Å². The summed E-state index contributed by atoms with van der Waals surface area (Å²) in [5, 5.41) is 0.302. The average molecular weight is 444 g/mol. The summed E-state index contributed by atoms with van der Waals surface area (Å²) in [4.78, 5) is 24.6. The predicted molar refractivity (Wildman–Crippen MR) is 115 cm³/mol. The van der Waals surface area contributed by atoms with E-state index in [1.54, 1.807) is 37.3 Å². The molecule has 0 spiro atoms. The maximum Gasteiger partial charge on any atom is 0.338 e. The van der Waals surface area contributed by atoms with Crippen molar-refractivity contribution in [3.05, 3.63) is 94.5 Å². The third kappa shape index (κ3) is 4.87. The zero-order valence-corrected chi connectivity index (χ0v) is 17.5. The highest BCUT2D eigenvalue weighted by atomic mass is 35.5. The van der Waals surface area contributed by atoms with Crippen LogP contribution in [0.2, 0.25) is 5.02 Å². The molecule has 0 fully saturated rings. The molecular weight excluding hydrogens is 426 g/mol. The first-order valence-corrected chi connectivity index (χ1v) is 10.9. The molecule has 0 atom stereocenters. The zero-order chi connectivity index (χ0) is 21.7. The number of hydrogen-bond donors (Lipinski definition) is 1. The largest absolute Gasteiger partial charge is 0.462 e. The zero-order valence-electron chi connectivity index (χ0n) is 16.0. The van der Waals surface area contributed by atoms with Crippen LogP contribution in [0.5, 0.6) is 0 Å². The third-order valence-electron chi connectivity index (χ3n) is 4.18. The van der Waals surface area contributed by atoms with E-state index < -0.39 is 16.0 Å². The Labute approximate surface area is 179 Å². The van der Waals surface area contributed by atoms with Crippen LogP contribution in [0.1, 0.15) is 33.2 Å². The number of hydrogen-bond acceptors (Lipinski definition) is 5. The second kappa shape index (κ2) is 9.11. The molecule has 3 rings (SSSR count). The molecule has 0 aliphatic heterocycles. The Morgan fingerprint density at radius 3 is 2.23 bits per heavy atom. The van der Waals surface area contributed by atoms with E-state index >= 15 is 0 Å². The fourth-order valence-electron chi connectivity index (χ4n) is 2.73. The van der Waals surface area contributed by atoms with E-state index in [1.165, 1.54) is 42.5 Å². The number of rotatable bonds is 7. The lowest BCUT2D eigenvalue weighted by Crippen LogP contribution is -2.16. The number of ketones is 1. The molecular formula is C22H18ClNO5S. The number of ether oxygens (including phenoxy) is 1. The molecule has 0 amide bonds. The first kappa shape index (κ1) is 21.5. The maximum atomic E-state index is 12.9. The van der Waals surface area contributed by atoms with Crippen molar-refractivity contribution in [1.82, 2.24) is 0 Å². The van der Waals surface area contributed by atoms with E-state index in [1.807, 2.05) is 0 Å². The molecule has 0 saturated carbocycles. The van der Waals surface area contributed by atoms with E-state index in [4.69, 9.17) is 16.3 Å². The summed E-state index contributed by atoms with van der Waals surface area (Å²) in [5.41, 5.74) is 0.865. The molecule has 8 heteroatoms. The number of benzene rings is 3. The standard InChI is InChI=1S/C22H18ClNO5S/c1-2-29-22(26)16-8-11-18(12-9-16)30(27,28)24-20-13-10-17(23)14-19(20)21(25)15-6-4-3-5-7-15/h3-14,24H,2H2,1H3. The molecule has 0 aromatic heterocycles. The summed E-state index contributed by atoms with van der Waals surface area (Å²) in [7, 11) is -4.02. The van der Waals surface area contributed by atoms with Gasteiger partial charge in [0.05, 0.1) is 22.8 Å². The van der Waals surface area contributed by atoms with Crippen molar-refractivity contribution < 1.29 is 22.7 Å². The molecule has 0 saturated heterocycles. The van der Waals surface area contributed by atoms with E-state index in [0.717, 1.165) is 0 Å². The maximum absolute atomic E-state index is 12.9. The van der Waals surface area contributed by atoms with Crippen LogP contribution in [0.25, 0.3) is 0 Å². The molecule has 1 N–H and O–H groups in total. The van der Waals surface area contributed by atoms with Crippen molar-refractivity contribution in [2.45, 2.75) is 11.8 Å². The molecule has 3 aromatic rings. The molecule has 0 bridgehead atoms. The molecule has 3 aromatic carbocycles. The van der Waals surface area contributed by atoms with Crippen LogP contribution < -0.4 is 4.72 Å². The monoisotopic (exact) mass is 443 g/mol. The van der Waals surface area contributed by atoms with Gasteiger partial charge >= 0.3 is 5.97 Å². The molecule has 0 heterocycles. The fourth-order valence-corrected chi connectivity index (χ4v) is 3.98. The molecule has 30 heavy (non-hydrogen) atoms. The molecule has 0 aliphatic carbocycles. The number of halogens is 1. The van der Waals surface area contributed by atoms with Gasteiger partial charge in [-0.15, -0.1) is 0 Å². The minimum absolute atomic E-state index is 0.0661. The van der Waals surface area contributed by atoms with Crippen molar-refractivity contribution in [3.63, 3.8) is 0 Å². The van der Waals surface area contributed by atoms with Gasteiger partial charge in [-0.2, -0.15) is 0 Å². The van der Waals surface area contributed by atoms with Crippen LogP contribution in [0, 0.1) is 0 Å². The minimum Gasteiger partial charge on any atom is -0.462 e. The lowest BCUT2D eigenvalue weighted by atomic mass is 10.0. The predicted octanol–water partition coefficient (Wildman–Crippen LogP) is 4.55. The third-order valence-corrected chi connectivity index (χ3v) is 5.80. The van der Waals surface area contributed by atoms with Gasteiger partial charge in [0.2, 0.25) is 0 Å². The van der Waals surface area contributed by atoms with Gasteiger partial charge in [0.25, 0.3) is 10.0 Å². The van der Waals surface area contributed by atoms with Crippen LogP contribution in [0.15, 0.2) is 77.7 Å². The molecule has 0 radical (unpaired) electrons. The summed E-state index contributed by atoms with van der Waals surface area (Å²) in [5.74, 6) is -0.906. The lowest BCUT2D eigenvalue weighted by molar-refractivity contribution is 0.0526. The molecule has 0 unspecified atom stereocenters. The van der Waals surface area contributed by atoms with E-state index in [2.05, 4.69) is 4.72 Å². The second-order valence-electron chi connectivity index (χ2n) is 6.24. The Morgan fingerprint density at radius 2 is 1.60 bits per heavy atom. The number of nitrogens with one attached hydrogen (secondary N) is 1. The van der Waals surface area contributed by atoms with Gasteiger partial charge in [-0.25, -0.2) is 13.2 Å². The van der Waals surface area contributed by atoms with Gasteiger partial charge in [0.15, 0.2) is 5.78 Å². The number of anilines is 1. The fraction of sp³-hybridized carbons (Fsp3) is 0.0909. The Hall–Kier alpha value is -3.16. The summed E-state index contributed by atoms with van der Waals surface area (Å²) >= 11 is 6.04. The van der Waals surface area contributed by atoms with Crippen molar-refractivity contribution in [3.8, 4) is 0 Å². The number of carbonyl (C=O) groups is 2. The normalized spacial score (nSPS) is 11.0. The smallest absolute Gasteiger partial charge is 0.338 e. The summed E-state index contributed by atoms with van der Waals surface area (Å²) in [6.45, 7) is 1.90. The van der Waals surface area contributed by atoms with Gasteiger partial charge < -0.3 is 4.74 Å². The van der Waals surface area contributed by atoms with Gasteiger partial charge in [0, 0.05) is 16.1 Å². The van der Waals surface area contributed by atoms with Crippen molar-refractivity contribution in [2.24, 2.45) is 0 Å².